The van der Waals surface area contributed by atoms with Crippen molar-refractivity contribution < 1.29 is 4.79 Å². The molecule has 1 aliphatic rings. The predicted octanol–water partition coefficient (Wildman–Crippen LogP) is 2.41. The summed E-state index contributed by atoms with van der Waals surface area (Å²) >= 11 is 0. The second-order valence-corrected chi connectivity index (χ2v) is 7.24. The molecule has 1 atom stereocenters. The number of hydrogen-bond acceptors (Lipinski definition) is 4. The molecule has 3 aromatic rings. The van der Waals surface area contributed by atoms with Crippen LogP contribution in [-0.4, -0.2) is 51.6 Å². The Hall–Kier alpha value is -2.73. The highest BCUT2D eigenvalue weighted by Gasteiger charge is 2.21. The Balaban J connectivity index is 1.29. The van der Waals surface area contributed by atoms with Crippen LogP contribution in [0.1, 0.15) is 28.8 Å². The van der Waals surface area contributed by atoms with Crippen LogP contribution in [0.25, 0.3) is 5.65 Å². The van der Waals surface area contributed by atoms with Gasteiger partial charge in [0.1, 0.15) is 6.33 Å². The molecular formula is C21H25N5O. The normalized spacial score (nSPS) is 17.9. The van der Waals surface area contributed by atoms with E-state index in [4.69, 9.17) is 0 Å². The number of piperidine rings is 1. The third-order valence-electron chi connectivity index (χ3n) is 5.28. The van der Waals surface area contributed by atoms with Gasteiger partial charge in [-0.1, -0.05) is 30.3 Å². The van der Waals surface area contributed by atoms with Gasteiger partial charge in [-0.2, -0.15) is 0 Å². The summed E-state index contributed by atoms with van der Waals surface area (Å²) in [6, 6.07) is 14.3. The van der Waals surface area contributed by atoms with E-state index in [2.05, 4.69) is 50.7 Å². The molecular weight excluding hydrogens is 338 g/mol. The van der Waals surface area contributed by atoms with Crippen molar-refractivity contribution in [3.63, 3.8) is 0 Å². The molecule has 1 unspecified atom stereocenters. The summed E-state index contributed by atoms with van der Waals surface area (Å²) in [5.74, 6) is 0.422. The number of benzene rings is 1. The summed E-state index contributed by atoms with van der Waals surface area (Å²) in [6.45, 7) is 3.97. The minimum Gasteiger partial charge on any atom is -0.352 e. The van der Waals surface area contributed by atoms with Crippen molar-refractivity contribution in [3.05, 3.63) is 66.1 Å². The maximum absolute atomic E-state index is 12.6. The van der Waals surface area contributed by atoms with Gasteiger partial charge >= 0.3 is 0 Å². The lowest BCUT2D eigenvalue weighted by Crippen LogP contribution is -2.41. The van der Waals surface area contributed by atoms with E-state index in [9.17, 15) is 4.79 Å². The van der Waals surface area contributed by atoms with Crippen LogP contribution in [0.3, 0.4) is 0 Å². The number of fused-ring (bicyclic) bond motifs is 1. The number of pyridine rings is 1. The fraction of sp³-hybridized carbons (Fsp3) is 0.381. The minimum atomic E-state index is -0.0741. The summed E-state index contributed by atoms with van der Waals surface area (Å²) in [5, 5.41) is 11.0. The van der Waals surface area contributed by atoms with Crippen LogP contribution in [0.2, 0.25) is 0 Å². The molecule has 1 N–H and O–H groups in total. The average molecular weight is 363 g/mol. The lowest BCUT2D eigenvalue weighted by Gasteiger charge is -2.32. The Morgan fingerprint density at radius 3 is 2.96 bits per heavy atom. The predicted molar refractivity (Wildman–Crippen MR) is 105 cm³/mol. The smallest absolute Gasteiger partial charge is 0.255 e. The first-order valence-corrected chi connectivity index (χ1v) is 9.62. The average Bonchev–Trinajstić information content (AvgIpc) is 3.20. The molecule has 1 aliphatic heterocycles. The monoisotopic (exact) mass is 363 g/mol. The van der Waals surface area contributed by atoms with Gasteiger partial charge in [-0.3, -0.25) is 9.20 Å². The zero-order chi connectivity index (χ0) is 18.5. The molecule has 1 saturated heterocycles. The molecule has 0 aliphatic carbocycles. The molecule has 1 fully saturated rings. The molecule has 1 amide bonds. The first-order valence-electron chi connectivity index (χ1n) is 9.62. The van der Waals surface area contributed by atoms with Gasteiger partial charge in [0.2, 0.25) is 0 Å². The Bertz CT molecular complexity index is 892. The van der Waals surface area contributed by atoms with Crippen molar-refractivity contribution in [2.24, 2.45) is 5.92 Å². The summed E-state index contributed by atoms with van der Waals surface area (Å²) in [6.07, 6.45) is 6.89. The van der Waals surface area contributed by atoms with E-state index in [1.165, 1.54) is 12.0 Å². The largest absolute Gasteiger partial charge is 0.352 e. The van der Waals surface area contributed by atoms with E-state index in [-0.39, 0.29) is 5.91 Å². The Kier molecular flexibility index (Phi) is 5.44. The minimum absolute atomic E-state index is 0.0741. The van der Waals surface area contributed by atoms with Gasteiger partial charge in [0, 0.05) is 25.8 Å². The number of amides is 1. The first-order chi connectivity index (χ1) is 13.3. The highest BCUT2D eigenvalue weighted by Crippen LogP contribution is 2.17. The van der Waals surface area contributed by atoms with Crippen molar-refractivity contribution in [1.29, 1.82) is 0 Å². The summed E-state index contributed by atoms with van der Waals surface area (Å²) in [4.78, 5) is 15.1. The molecule has 140 valence electrons. The Morgan fingerprint density at radius 1 is 1.19 bits per heavy atom. The van der Waals surface area contributed by atoms with Crippen LogP contribution in [0.4, 0.5) is 0 Å². The summed E-state index contributed by atoms with van der Waals surface area (Å²) < 4.78 is 1.76. The molecule has 6 nitrogen and oxygen atoms in total. The van der Waals surface area contributed by atoms with Crippen molar-refractivity contribution >= 4 is 11.6 Å². The second kappa shape index (κ2) is 8.31. The SMILES string of the molecule is O=C(NCC1CCCN(CCc2ccccc2)C1)c1cccn2cnnc12. The maximum Gasteiger partial charge on any atom is 0.255 e. The molecule has 1 aromatic carbocycles. The molecule has 0 bridgehead atoms. The molecule has 0 spiro atoms. The van der Waals surface area contributed by atoms with E-state index >= 15 is 0 Å². The van der Waals surface area contributed by atoms with Gasteiger partial charge in [0.05, 0.1) is 5.56 Å². The fourth-order valence-electron chi connectivity index (χ4n) is 3.81. The van der Waals surface area contributed by atoms with E-state index in [0.717, 1.165) is 32.5 Å². The lowest BCUT2D eigenvalue weighted by molar-refractivity contribution is 0.0934. The standard InChI is InChI=1S/C21H25N5O/c27-21(19-9-5-12-26-16-23-24-20(19)26)22-14-18-8-4-11-25(15-18)13-10-17-6-2-1-3-7-17/h1-3,5-7,9,12,16,18H,4,8,10-11,13-15H2,(H,22,27). The van der Waals surface area contributed by atoms with Crippen molar-refractivity contribution in [2.45, 2.75) is 19.3 Å². The van der Waals surface area contributed by atoms with Gasteiger partial charge in [0.15, 0.2) is 5.65 Å². The lowest BCUT2D eigenvalue weighted by atomic mass is 9.97. The number of carbonyl (C=O) groups is 1. The van der Waals surface area contributed by atoms with E-state index in [1.807, 2.05) is 12.3 Å². The van der Waals surface area contributed by atoms with Crippen LogP contribution in [0.15, 0.2) is 55.0 Å². The summed E-state index contributed by atoms with van der Waals surface area (Å²) in [5.41, 5.74) is 2.56. The van der Waals surface area contributed by atoms with Gasteiger partial charge in [0.25, 0.3) is 5.91 Å². The van der Waals surface area contributed by atoms with Crippen LogP contribution < -0.4 is 5.32 Å². The van der Waals surface area contributed by atoms with Crippen LogP contribution in [0, 0.1) is 5.92 Å². The highest BCUT2D eigenvalue weighted by molar-refractivity contribution is 5.99. The number of likely N-dealkylation sites (tertiary alicyclic amines) is 1. The zero-order valence-electron chi connectivity index (χ0n) is 15.4. The van der Waals surface area contributed by atoms with Crippen LogP contribution >= 0.6 is 0 Å². The molecule has 0 radical (unpaired) electrons. The zero-order valence-corrected chi connectivity index (χ0v) is 15.4. The number of hydrogen-bond donors (Lipinski definition) is 1. The van der Waals surface area contributed by atoms with Crippen molar-refractivity contribution in [1.82, 2.24) is 24.8 Å². The number of nitrogens with zero attached hydrogens (tertiary/aromatic N) is 4. The first kappa shape index (κ1) is 17.7. The molecule has 27 heavy (non-hydrogen) atoms. The number of aromatic nitrogens is 3. The van der Waals surface area contributed by atoms with E-state index in [0.29, 0.717) is 23.7 Å². The summed E-state index contributed by atoms with van der Waals surface area (Å²) in [7, 11) is 0. The molecule has 2 aromatic heterocycles. The Labute approximate surface area is 159 Å². The third kappa shape index (κ3) is 4.34. The number of nitrogens with one attached hydrogen (secondary N) is 1. The van der Waals surface area contributed by atoms with Crippen LogP contribution in [0.5, 0.6) is 0 Å². The molecule has 0 saturated carbocycles. The highest BCUT2D eigenvalue weighted by atomic mass is 16.1. The van der Waals surface area contributed by atoms with Crippen molar-refractivity contribution in [2.75, 3.05) is 26.2 Å². The fourth-order valence-corrected chi connectivity index (χ4v) is 3.81. The van der Waals surface area contributed by atoms with Gasteiger partial charge in [-0.05, 0) is 49.4 Å². The van der Waals surface area contributed by atoms with Gasteiger partial charge in [-0.25, -0.2) is 0 Å². The van der Waals surface area contributed by atoms with Gasteiger partial charge < -0.3 is 10.2 Å². The van der Waals surface area contributed by atoms with Crippen LogP contribution in [-0.2, 0) is 6.42 Å². The third-order valence-corrected chi connectivity index (χ3v) is 5.28. The molecule has 6 heteroatoms. The second-order valence-electron chi connectivity index (χ2n) is 7.24. The maximum atomic E-state index is 12.6. The van der Waals surface area contributed by atoms with Gasteiger partial charge in [-0.15, -0.1) is 10.2 Å². The topological polar surface area (TPSA) is 62.5 Å². The molecule has 3 heterocycles. The quantitative estimate of drug-likeness (QED) is 0.731. The molecule has 4 rings (SSSR count). The number of rotatable bonds is 6. The number of carbonyl (C=O) groups excluding carboxylic acids is 1. The van der Waals surface area contributed by atoms with E-state index in [1.54, 1.807) is 16.8 Å². The van der Waals surface area contributed by atoms with Crippen molar-refractivity contribution in [3.8, 4) is 0 Å². The Morgan fingerprint density at radius 2 is 2.07 bits per heavy atom. The van der Waals surface area contributed by atoms with E-state index < -0.39 is 0 Å².